The predicted octanol–water partition coefficient (Wildman–Crippen LogP) is 4.39. The molecule has 1 aromatic heterocycles. The molecule has 1 heterocycles. The molecule has 0 aliphatic carbocycles. The summed E-state index contributed by atoms with van der Waals surface area (Å²) in [6, 6.07) is 8.80. The molecule has 0 spiro atoms. The Morgan fingerprint density at radius 1 is 1.06 bits per heavy atom. The van der Waals surface area contributed by atoms with Crippen molar-refractivity contribution in [3.63, 3.8) is 0 Å². The molecule has 0 unspecified atom stereocenters. The van der Waals surface area contributed by atoms with Gasteiger partial charge in [-0.15, -0.1) is 0 Å². The molecule has 3 aromatic rings. The minimum absolute atomic E-state index is 0.154. The summed E-state index contributed by atoms with van der Waals surface area (Å²) in [5.41, 5.74) is 0.547. The summed E-state index contributed by atoms with van der Waals surface area (Å²) in [5, 5.41) is 3.25. The van der Waals surface area contributed by atoms with Crippen LogP contribution in [0.4, 0.5) is 10.5 Å². The standard InChI is InChI=1S/C22H20ClNO8/c1-4-30-22(27)24-14-5-6-15-13(9-19(25)32-17(15)10-14)11-31-21(26)12-7-16(23)20(29-3)18(8-12)28-2/h5-10H,4,11H2,1-3H3,(H,24,27). The van der Waals surface area contributed by atoms with Gasteiger partial charge in [0.05, 0.1) is 31.4 Å². The van der Waals surface area contributed by atoms with Gasteiger partial charge in [-0.05, 0) is 31.2 Å². The van der Waals surface area contributed by atoms with Gasteiger partial charge in [0.2, 0.25) is 0 Å². The third-order valence-corrected chi connectivity index (χ3v) is 4.66. The number of hydrogen-bond donors (Lipinski definition) is 1. The summed E-state index contributed by atoms with van der Waals surface area (Å²) in [5.74, 6) is -0.0983. The smallest absolute Gasteiger partial charge is 0.411 e. The lowest BCUT2D eigenvalue weighted by Crippen LogP contribution is -2.13. The fourth-order valence-electron chi connectivity index (χ4n) is 2.97. The van der Waals surface area contributed by atoms with Crippen LogP contribution in [-0.2, 0) is 16.1 Å². The second-order valence-electron chi connectivity index (χ2n) is 6.42. The topological polar surface area (TPSA) is 113 Å². The molecule has 32 heavy (non-hydrogen) atoms. The number of halogens is 1. The van der Waals surface area contributed by atoms with E-state index >= 15 is 0 Å². The Labute approximate surface area is 187 Å². The lowest BCUT2D eigenvalue weighted by atomic mass is 10.1. The Balaban J connectivity index is 1.83. The highest BCUT2D eigenvalue weighted by atomic mass is 35.5. The van der Waals surface area contributed by atoms with E-state index in [4.69, 9.17) is 35.0 Å². The van der Waals surface area contributed by atoms with Gasteiger partial charge in [0, 0.05) is 28.8 Å². The third-order valence-electron chi connectivity index (χ3n) is 4.38. The van der Waals surface area contributed by atoms with Crippen molar-refractivity contribution < 1.29 is 33.0 Å². The summed E-state index contributed by atoms with van der Waals surface area (Å²) in [4.78, 5) is 36.1. The average molecular weight is 462 g/mol. The number of hydrogen-bond acceptors (Lipinski definition) is 8. The molecule has 0 aliphatic rings. The molecular formula is C22H20ClNO8. The maximum absolute atomic E-state index is 12.6. The maximum Gasteiger partial charge on any atom is 0.411 e. The summed E-state index contributed by atoms with van der Waals surface area (Å²) < 4.78 is 25.7. The van der Waals surface area contributed by atoms with Gasteiger partial charge in [0.1, 0.15) is 12.2 Å². The number of anilines is 1. The molecular weight excluding hydrogens is 442 g/mol. The van der Waals surface area contributed by atoms with E-state index in [2.05, 4.69) is 5.32 Å². The van der Waals surface area contributed by atoms with Gasteiger partial charge in [0.25, 0.3) is 0 Å². The molecule has 0 fully saturated rings. The van der Waals surface area contributed by atoms with Crippen LogP contribution < -0.4 is 20.4 Å². The summed E-state index contributed by atoms with van der Waals surface area (Å²) in [7, 11) is 2.85. The van der Waals surface area contributed by atoms with E-state index in [0.717, 1.165) is 0 Å². The van der Waals surface area contributed by atoms with Crippen molar-refractivity contribution in [1.82, 2.24) is 0 Å². The Morgan fingerprint density at radius 2 is 1.84 bits per heavy atom. The zero-order valence-electron chi connectivity index (χ0n) is 17.5. The van der Waals surface area contributed by atoms with Crippen molar-refractivity contribution in [3.05, 3.63) is 63.0 Å². The van der Waals surface area contributed by atoms with E-state index < -0.39 is 17.7 Å². The molecule has 3 rings (SSSR count). The number of amides is 1. The number of benzene rings is 2. The van der Waals surface area contributed by atoms with Crippen molar-refractivity contribution in [1.29, 1.82) is 0 Å². The van der Waals surface area contributed by atoms with Crippen molar-refractivity contribution in [2.24, 2.45) is 0 Å². The average Bonchev–Trinajstić information content (AvgIpc) is 2.76. The van der Waals surface area contributed by atoms with Crippen LogP contribution in [-0.4, -0.2) is 32.9 Å². The predicted molar refractivity (Wildman–Crippen MR) is 117 cm³/mol. The largest absolute Gasteiger partial charge is 0.493 e. The fraction of sp³-hybridized carbons (Fsp3) is 0.227. The first-order chi connectivity index (χ1) is 15.4. The minimum atomic E-state index is -0.671. The molecule has 0 bridgehead atoms. The van der Waals surface area contributed by atoms with Gasteiger partial charge >= 0.3 is 17.7 Å². The van der Waals surface area contributed by atoms with E-state index in [9.17, 15) is 14.4 Å². The first kappa shape index (κ1) is 23.0. The van der Waals surface area contributed by atoms with Crippen molar-refractivity contribution >= 4 is 40.3 Å². The van der Waals surface area contributed by atoms with Crippen molar-refractivity contribution in [2.75, 3.05) is 26.1 Å². The number of methoxy groups -OCH3 is 2. The van der Waals surface area contributed by atoms with Crippen molar-refractivity contribution in [3.8, 4) is 11.5 Å². The van der Waals surface area contributed by atoms with Gasteiger partial charge < -0.3 is 23.4 Å². The van der Waals surface area contributed by atoms with Crippen LogP contribution in [0.3, 0.4) is 0 Å². The Morgan fingerprint density at radius 3 is 2.53 bits per heavy atom. The molecule has 0 saturated carbocycles. The summed E-state index contributed by atoms with van der Waals surface area (Å²) in [6.45, 7) is 1.70. The number of carbonyl (C=O) groups is 2. The molecule has 0 atom stereocenters. The van der Waals surface area contributed by atoms with E-state index in [1.54, 1.807) is 19.1 Å². The zero-order chi connectivity index (χ0) is 23.3. The lowest BCUT2D eigenvalue weighted by Gasteiger charge is -2.12. The number of carbonyl (C=O) groups excluding carboxylic acids is 2. The SMILES string of the molecule is CCOC(=O)Nc1ccc2c(COC(=O)c3cc(Cl)c(OC)c(OC)c3)cc(=O)oc2c1. The van der Waals surface area contributed by atoms with Crippen LogP contribution in [0.25, 0.3) is 11.0 Å². The third kappa shape index (κ3) is 5.12. The first-order valence-corrected chi connectivity index (χ1v) is 9.83. The second-order valence-corrected chi connectivity index (χ2v) is 6.82. The number of fused-ring (bicyclic) bond motifs is 1. The van der Waals surface area contributed by atoms with Gasteiger partial charge in [-0.2, -0.15) is 0 Å². The monoisotopic (exact) mass is 461 g/mol. The summed E-state index contributed by atoms with van der Waals surface area (Å²) >= 11 is 6.14. The van der Waals surface area contributed by atoms with E-state index in [1.807, 2.05) is 0 Å². The first-order valence-electron chi connectivity index (χ1n) is 9.45. The van der Waals surface area contributed by atoms with Crippen LogP contribution in [0.15, 0.2) is 45.6 Å². The molecule has 168 valence electrons. The van der Waals surface area contributed by atoms with Crippen LogP contribution >= 0.6 is 11.6 Å². The number of rotatable bonds is 7. The maximum atomic E-state index is 12.6. The lowest BCUT2D eigenvalue weighted by molar-refractivity contribution is 0.0473. The van der Waals surface area contributed by atoms with Crippen LogP contribution in [0.1, 0.15) is 22.8 Å². The fourth-order valence-corrected chi connectivity index (χ4v) is 3.26. The molecule has 0 radical (unpaired) electrons. The van der Waals surface area contributed by atoms with Crippen LogP contribution in [0, 0.1) is 0 Å². The van der Waals surface area contributed by atoms with Crippen LogP contribution in [0.2, 0.25) is 5.02 Å². The highest BCUT2D eigenvalue weighted by molar-refractivity contribution is 6.32. The van der Waals surface area contributed by atoms with E-state index in [-0.39, 0.29) is 35.1 Å². The highest BCUT2D eigenvalue weighted by Crippen LogP contribution is 2.36. The van der Waals surface area contributed by atoms with E-state index in [1.165, 1.54) is 38.5 Å². The van der Waals surface area contributed by atoms with Gasteiger partial charge in [-0.1, -0.05) is 11.6 Å². The second kappa shape index (κ2) is 10.1. The van der Waals surface area contributed by atoms with Gasteiger partial charge in [-0.3, -0.25) is 5.32 Å². The number of ether oxygens (including phenoxy) is 4. The van der Waals surface area contributed by atoms with Crippen LogP contribution in [0.5, 0.6) is 11.5 Å². The Bertz CT molecular complexity index is 1220. The van der Waals surface area contributed by atoms with E-state index in [0.29, 0.717) is 22.4 Å². The Kier molecular flexibility index (Phi) is 7.21. The minimum Gasteiger partial charge on any atom is -0.493 e. The van der Waals surface area contributed by atoms with Crippen molar-refractivity contribution in [2.45, 2.75) is 13.5 Å². The molecule has 10 heteroatoms. The molecule has 1 amide bonds. The summed E-state index contributed by atoms with van der Waals surface area (Å²) in [6.07, 6.45) is -0.632. The van der Waals surface area contributed by atoms with Gasteiger partial charge in [-0.25, -0.2) is 14.4 Å². The highest BCUT2D eigenvalue weighted by Gasteiger charge is 2.17. The quantitative estimate of drug-likeness (QED) is 0.407. The molecule has 2 aromatic carbocycles. The zero-order valence-corrected chi connectivity index (χ0v) is 18.3. The normalized spacial score (nSPS) is 10.5. The van der Waals surface area contributed by atoms with Gasteiger partial charge in [0.15, 0.2) is 11.5 Å². The number of nitrogens with one attached hydrogen (secondary N) is 1. The Hall–Kier alpha value is -3.72. The number of esters is 1. The molecule has 0 saturated heterocycles. The molecule has 9 nitrogen and oxygen atoms in total. The molecule has 0 aliphatic heterocycles. The molecule has 1 N–H and O–H groups in total.